The third kappa shape index (κ3) is 3.16. The topological polar surface area (TPSA) is 43.4 Å². The molecule has 3 nitrogen and oxygen atoms in total. The number of Topliss-reactive ketones (excluding diaryl/α,β-unsaturated/α-hetero) is 1. The van der Waals surface area contributed by atoms with Crippen molar-refractivity contribution >= 4 is 11.8 Å². The van der Waals surface area contributed by atoms with E-state index in [4.69, 9.17) is 4.74 Å². The van der Waals surface area contributed by atoms with Crippen molar-refractivity contribution in [2.24, 2.45) is 5.92 Å². The van der Waals surface area contributed by atoms with Crippen LogP contribution in [0.3, 0.4) is 0 Å². The molecule has 3 heteroatoms. The number of ether oxygens (including phenoxy) is 1. The molecular weight excluding hydrogens is 216 g/mol. The average Bonchev–Trinajstić information content (AvgIpc) is 2.38. The van der Waals surface area contributed by atoms with Gasteiger partial charge in [0.25, 0.3) is 0 Å². The Kier molecular flexibility index (Phi) is 3.91. The highest BCUT2D eigenvalue weighted by molar-refractivity contribution is 5.89. The maximum absolute atomic E-state index is 11.7. The van der Waals surface area contributed by atoms with E-state index in [0.717, 1.165) is 19.3 Å². The summed E-state index contributed by atoms with van der Waals surface area (Å²) in [4.78, 5) is 23.2. The number of hydrogen-bond acceptors (Lipinski definition) is 3. The van der Waals surface area contributed by atoms with E-state index in [1.54, 1.807) is 24.3 Å². The van der Waals surface area contributed by atoms with Crippen molar-refractivity contribution in [3.8, 4) is 0 Å². The molecule has 0 spiro atoms. The van der Waals surface area contributed by atoms with Gasteiger partial charge in [-0.15, -0.1) is 0 Å². The van der Waals surface area contributed by atoms with Crippen molar-refractivity contribution in [3.63, 3.8) is 0 Å². The van der Waals surface area contributed by atoms with Crippen molar-refractivity contribution in [1.82, 2.24) is 0 Å². The predicted molar refractivity (Wildman–Crippen MR) is 63.7 cm³/mol. The quantitative estimate of drug-likeness (QED) is 0.752. The van der Waals surface area contributed by atoms with Gasteiger partial charge in [0.1, 0.15) is 12.4 Å². The zero-order valence-electron chi connectivity index (χ0n) is 9.72. The molecular formula is C14H16O3. The Morgan fingerprint density at radius 2 is 2.00 bits per heavy atom. The molecule has 0 saturated heterocycles. The van der Waals surface area contributed by atoms with Crippen molar-refractivity contribution in [3.05, 3.63) is 35.9 Å². The molecule has 1 atom stereocenters. The van der Waals surface area contributed by atoms with Gasteiger partial charge in [0, 0.05) is 6.42 Å². The minimum absolute atomic E-state index is 0.0867. The molecule has 0 bridgehead atoms. The molecule has 90 valence electrons. The smallest absolute Gasteiger partial charge is 0.338 e. The first-order chi connectivity index (χ1) is 8.27. The second-order valence-corrected chi connectivity index (χ2v) is 4.37. The Morgan fingerprint density at radius 1 is 1.24 bits per heavy atom. The third-order valence-corrected chi connectivity index (χ3v) is 3.11. The van der Waals surface area contributed by atoms with Crippen LogP contribution in [-0.2, 0) is 9.53 Å². The maximum Gasteiger partial charge on any atom is 0.338 e. The van der Waals surface area contributed by atoms with Crippen LogP contribution in [0.15, 0.2) is 30.3 Å². The molecule has 2 rings (SSSR count). The second kappa shape index (κ2) is 5.62. The van der Waals surface area contributed by atoms with Crippen LogP contribution in [-0.4, -0.2) is 18.4 Å². The monoisotopic (exact) mass is 232 g/mol. The summed E-state index contributed by atoms with van der Waals surface area (Å²) in [5, 5.41) is 0. The fourth-order valence-electron chi connectivity index (χ4n) is 2.07. The Morgan fingerprint density at radius 3 is 2.71 bits per heavy atom. The van der Waals surface area contributed by atoms with Gasteiger partial charge in [0.2, 0.25) is 0 Å². The number of carbonyl (C=O) groups excluding carboxylic acids is 2. The van der Waals surface area contributed by atoms with Gasteiger partial charge >= 0.3 is 5.97 Å². The Balaban J connectivity index is 1.86. The van der Waals surface area contributed by atoms with E-state index in [0.29, 0.717) is 12.0 Å². The van der Waals surface area contributed by atoms with Crippen LogP contribution in [0.5, 0.6) is 0 Å². The van der Waals surface area contributed by atoms with Gasteiger partial charge in [-0.3, -0.25) is 4.79 Å². The molecule has 0 radical (unpaired) electrons. The molecule has 0 aliphatic heterocycles. The highest BCUT2D eigenvalue weighted by Crippen LogP contribution is 2.21. The molecule has 0 N–H and O–H groups in total. The zero-order chi connectivity index (χ0) is 12.1. The second-order valence-electron chi connectivity index (χ2n) is 4.37. The lowest BCUT2D eigenvalue weighted by Gasteiger charge is -2.19. The lowest BCUT2D eigenvalue weighted by Crippen LogP contribution is -2.25. The summed E-state index contributed by atoms with van der Waals surface area (Å²) in [6, 6.07) is 8.86. The molecule has 1 aromatic carbocycles. The highest BCUT2D eigenvalue weighted by Gasteiger charge is 2.23. The van der Waals surface area contributed by atoms with E-state index in [2.05, 4.69) is 0 Å². The van der Waals surface area contributed by atoms with Crippen molar-refractivity contribution < 1.29 is 14.3 Å². The van der Waals surface area contributed by atoms with Gasteiger partial charge in [0.05, 0.1) is 11.5 Å². The number of hydrogen-bond donors (Lipinski definition) is 0. The summed E-state index contributed by atoms with van der Waals surface area (Å²) in [5.41, 5.74) is 0.538. The van der Waals surface area contributed by atoms with Crippen LogP contribution < -0.4 is 0 Å². The minimum Gasteiger partial charge on any atom is -0.461 e. The fraction of sp³-hybridized carbons (Fsp3) is 0.429. The van der Waals surface area contributed by atoms with Crippen LogP contribution in [0.4, 0.5) is 0 Å². The van der Waals surface area contributed by atoms with Gasteiger partial charge in [-0.05, 0) is 25.0 Å². The molecule has 1 aliphatic carbocycles. The van der Waals surface area contributed by atoms with E-state index in [1.807, 2.05) is 6.07 Å². The molecule has 1 aliphatic rings. The lowest BCUT2D eigenvalue weighted by molar-refractivity contribution is -0.125. The number of carbonyl (C=O) groups is 2. The van der Waals surface area contributed by atoms with E-state index in [9.17, 15) is 9.59 Å². The largest absolute Gasteiger partial charge is 0.461 e. The molecule has 1 aromatic rings. The summed E-state index contributed by atoms with van der Waals surface area (Å²) in [7, 11) is 0. The van der Waals surface area contributed by atoms with E-state index < -0.39 is 0 Å². The first-order valence-corrected chi connectivity index (χ1v) is 6.02. The first kappa shape index (κ1) is 11.8. The van der Waals surface area contributed by atoms with Crippen LogP contribution in [0.1, 0.15) is 36.0 Å². The Bertz CT molecular complexity index is 397. The van der Waals surface area contributed by atoms with Gasteiger partial charge in [-0.2, -0.15) is 0 Å². The summed E-state index contributed by atoms with van der Waals surface area (Å²) in [6.45, 7) is 0.229. The van der Waals surface area contributed by atoms with Crippen LogP contribution >= 0.6 is 0 Å². The van der Waals surface area contributed by atoms with E-state index in [1.165, 1.54) is 0 Å². The first-order valence-electron chi connectivity index (χ1n) is 6.02. The molecule has 1 saturated carbocycles. The summed E-state index contributed by atoms with van der Waals surface area (Å²) in [5.74, 6) is -0.197. The molecule has 0 aromatic heterocycles. The highest BCUT2D eigenvalue weighted by atomic mass is 16.5. The number of ketones is 1. The number of benzene rings is 1. The maximum atomic E-state index is 11.7. The molecule has 1 fully saturated rings. The van der Waals surface area contributed by atoms with Crippen molar-refractivity contribution in [2.45, 2.75) is 25.7 Å². The lowest BCUT2D eigenvalue weighted by atomic mass is 9.89. The normalized spacial score (nSPS) is 20.0. The zero-order valence-corrected chi connectivity index (χ0v) is 9.72. The predicted octanol–water partition coefficient (Wildman–Crippen LogP) is 2.60. The minimum atomic E-state index is -0.344. The summed E-state index contributed by atoms with van der Waals surface area (Å²) >= 11 is 0. The van der Waals surface area contributed by atoms with Gasteiger partial charge in [-0.25, -0.2) is 4.79 Å². The van der Waals surface area contributed by atoms with Crippen molar-refractivity contribution in [2.75, 3.05) is 6.61 Å². The Hall–Kier alpha value is -1.64. The van der Waals surface area contributed by atoms with Gasteiger partial charge < -0.3 is 4.74 Å². The molecule has 0 unspecified atom stereocenters. The van der Waals surface area contributed by atoms with Crippen LogP contribution in [0, 0.1) is 5.92 Å². The van der Waals surface area contributed by atoms with Gasteiger partial charge in [0.15, 0.2) is 0 Å². The number of esters is 1. The number of rotatable bonds is 3. The summed E-state index contributed by atoms with van der Waals surface area (Å²) < 4.78 is 5.18. The molecule has 0 heterocycles. The third-order valence-electron chi connectivity index (χ3n) is 3.11. The van der Waals surface area contributed by atoms with Gasteiger partial charge in [-0.1, -0.05) is 24.6 Å². The van der Waals surface area contributed by atoms with E-state index >= 15 is 0 Å². The van der Waals surface area contributed by atoms with Crippen LogP contribution in [0.25, 0.3) is 0 Å². The van der Waals surface area contributed by atoms with Crippen LogP contribution in [0.2, 0.25) is 0 Å². The van der Waals surface area contributed by atoms with Crippen molar-refractivity contribution in [1.29, 1.82) is 0 Å². The fourth-order valence-corrected chi connectivity index (χ4v) is 2.07. The SMILES string of the molecule is O=C(OC[C@@H]1CCCCC1=O)c1ccccc1. The Labute approximate surface area is 101 Å². The summed E-state index contributed by atoms with van der Waals surface area (Å²) in [6.07, 6.45) is 3.51. The average molecular weight is 232 g/mol. The standard InChI is InChI=1S/C14H16O3/c15-13-9-5-4-8-12(13)10-17-14(16)11-6-2-1-3-7-11/h1-3,6-7,12H,4-5,8-10H2/t12-/m0/s1. The molecule has 17 heavy (non-hydrogen) atoms. The molecule has 0 amide bonds. The van der Waals surface area contributed by atoms with E-state index in [-0.39, 0.29) is 24.3 Å².